The molecule has 4 aromatic carbocycles. The third-order valence-corrected chi connectivity index (χ3v) is 9.58. The van der Waals surface area contributed by atoms with Crippen molar-refractivity contribution in [3.05, 3.63) is 130 Å². The number of amides is 2. The summed E-state index contributed by atoms with van der Waals surface area (Å²) in [5, 5.41) is 3.17. The number of hydrogen-bond donors (Lipinski definition) is 1. The molecule has 10 heteroatoms. The van der Waals surface area contributed by atoms with Crippen LogP contribution >= 0.6 is 27.5 Å². The van der Waals surface area contributed by atoms with Crippen LogP contribution < -0.4 is 9.62 Å². The van der Waals surface area contributed by atoms with E-state index in [9.17, 15) is 18.0 Å². The fraction of sp³-hybridized carbons (Fsp3) is 0.235. The Labute approximate surface area is 273 Å². The molecule has 0 heterocycles. The standard InChI is InChI=1S/C34H35BrClN3O4S/c1-25(2)22-37-34(41)32(21-26-11-5-3-6-12-26)38(23-27-17-19-28(35)20-18-27)33(40)24-39(31-16-10-9-15-30(31)36)44(42,43)29-13-7-4-8-14-29/h3-20,25,32H,21-24H2,1-2H3,(H,37,41)/t32-/m1/s1. The van der Waals surface area contributed by atoms with Crippen LogP contribution in [0.2, 0.25) is 5.02 Å². The molecule has 0 fully saturated rings. The van der Waals surface area contributed by atoms with Crippen LogP contribution in [0.1, 0.15) is 25.0 Å². The lowest BCUT2D eigenvalue weighted by molar-refractivity contribution is -0.140. The molecule has 2 amide bonds. The molecule has 44 heavy (non-hydrogen) atoms. The van der Waals surface area contributed by atoms with Gasteiger partial charge in [-0.05, 0) is 53.4 Å². The van der Waals surface area contributed by atoms with E-state index in [2.05, 4.69) is 21.2 Å². The van der Waals surface area contributed by atoms with Crippen LogP contribution in [0.3, 0.4) is 0 Å². The number of benzene rings is 4. The second-order valence-corrected chi connectivity index (χ2v) is 14.0. The van der Waals surface area contributed by atoms with Gasteiger partial charge in [-0.1, -0.05) is 114 Å². The second-order valence-electron chi connectivity index (χ2n) is 10.8. The fourth-order valence-electron chi connectivity index (χ4n) is 4.65. The molecule has 0 aliphatic carbocycles. The van der Waals surface area contributed by atoms with Gasteiger partial charge in [0.25, 0.3) is 10.0 Å². The van der Waals surface area contributed by atoms with E-state index in [0.717, 1.165) is 19.9 Å². The lowest BCUT2D eigenvalue weighted by Crippen LogP contribution is -2.53. The van der Waals surface area contributed by atoms with E-state index in [0.29, 0.717) is 6.54 Å². The minimum Gasteiger partial charge on any atom is -0.354 e. The molecule has 4 aromatic rings. The quantitative estimate of drug-likeness (QED) is 0.168. The largest absolute Gasteiger partial charge is 0.354 e. The normalized spacial score (nSPS) is 12.0. The predicted molar refractivity (Wildman–Crippen MR) is 179 cm³/mol. The minimum absolute atomic E-state index is 0.0164. The summed E-state index contributed by atoms with van der Waals surface area (Å²) in [6.07, 6.45) is 0.241. The van der Waals surface area contributed by atoms with Crippen molar-refractivity contribution in [3.8, 4) is 0 Å². The van der Waals surface area contributed by atoms with E-state index in [1.165, 1.54) is 17.0 Å². The Morgan fingerprint density at radius 3 is 2.02 bits per heavy atom. The van der Waals surface area contributed by atoms with Crippen molar-refractivity contribution >= 4 is 55.1 Å². The molecule has 0 aromatic heterocycles. The Bertz CT molecular complexity index is 1650. The number of para-hydroxylation sites is 1. The third-order valence-electron chi connectivity index (χ3n) is 6.95. The van der Waals surface area contributed by atoms with Crippen LogP contribution in [0.5, 0.6) is 0 Å². The number of hydrogen-bond acceptors (Lipinski definition) is 4. The van der Waals surface area contributed by atoms with Crippen molar-refractivity contribution in [1.29, 1.82) is 0 Å². The van der Waals surface area contributed by atoms with Gasteiger partial charge in [0.15, 0.2) is 0 Å². The first kappa shape index (κ1) is 33.2. The summed E-state index contributed by atoms with van der Waals surface area (Å²) in [5.74, 6) is -0.671. The fourth-order valence-corrected chi connectivity index (χ4v) is 6.66. The molecule has 4 rings (SSSR count). The van der Waals surface area contributed by atoms with Crippen molar-refractivity contribution in [2.45, 2.75) is 37.8 Å². The van der Waals surface area contributed by atoms with E-state index in [-0.39, 0.29) is 40.4 Å². The maximum absolute atomic E-state index is 14.4. The van der Waals surface area contributed by atoms with Crippen LogP contribution in [0.25, 0.3) is 0 Å². The maximum atomic E-state index is 14.4. The highest BCUT2D eigenvalue weighted by molar-refractivity contribution is 9.10. The zero-order valence-electron chi connectivity index (χ0n) is 24.6. The highest BCUT2D eigenvalue weighted by Crippen LogP contribution is 2.31. The summed E-state index contributed by atoms with van der Waals surface area (Å²) >= 11 is 9.96. The van der Waals surface area contributed by atoms with E-state index in [1.54, 1.807) is 42.5 Å². The Morgan fingerprint density at radius 1 is 0.818 bits per heavy atom. The SMILES string of the molecule is CC(C)CNC(=O)[C@@H](Cc1ccccc1)N(Cc1ccc(Br)cc1)C(=O)CN(c1ccccc1Cl)S(=O)(=O)c1ccccc1. The molecule has 230 valence electrons. The Hall–Kier alpha value is -3.66. The summed E-state index contributed by atoms with van der Waals surface area (Å²) in [6, 6.07) is 30.4. The van der Waals surface area contributed by atoms with Crippen LogP contribution in [0, 0.1) is 5.92 Å². The van der Waals surface area contributed by atoms with Crippen molar-refractivity contribution in [2.75, 3.05) is 17.4 Å². The Morgan fingerprint density at radius 2 is 1.41 bits per heavy atom. The molecule has 0 unspecified atom stereocenters. The molecule has 1 N–H and O–H groups in total. The number of sulfonamides is 1. The number of rotatable bonds is 13. The number of carbonyl (C=O) groups is 2. The molecule has 0 saturated carbocycles. The first-order valence-corrected chi connectivity index (χ1v) is 16.8. The van der Waals surface area contributed by atoms with Gasteiger partial charge in [0.2, 0.25) is 11.8 Å². The van der Waals surface area contributed by atoms with E-state index >= 15 is 0 Å². The maximum Gasteiger partial charge on any atom is 0.264 e. The zero-order valence-corrected chi connectivity index (χ0v) is 27.7. The van der Waals surface area contributed by atoms with E-state index < -0.39 is 28.5 Å². The van der Waals surface area contributed by atoms with Gasteiger partial charge in [0.1, 0.15) is 12.6 Å². The van der Waals surface area contributed by atoms with Gasteiger partial charge >= 0.3 is 0 Å². The molecule has 0 bridgehead atoms. The lowest BCUT2D eigenvalue weighted by atomic mass is 10.0. The summed E-state index contributed by atoms with van der Waals surface area (Å²) in [6.45, 7) is 3.93. The van der Waals surface area contributed by atoms with Crippen molar-refractivity contribution in [1.82, 2.24) is 10.2 Å². The zero-order chi connectivity index (χ0) is 31.7. The van der Waals surface area contributed by atoms with E-state index in [4.69, 9.17) is 11.6 Å². The van der Waals surface area contributed by atoms with Gasteiger partial charge in [-0.2, -0.15) is 0 Å². The molecule has 0 saturated heterocycles. The second kappa shape index (κ2) is 15.4. The lowest BCUT2D eigenvalue weighted by Gasteiger charge is -2.34. The van der Waals surface area contributed by atoms with Crippen LogP contribution in [-0.2, 0) is 32.6 Å². The van der Waals surface area contributed by atoms with Crippen molar-refractivity contribution in [3.63, 3.8) is 0 Å². The molecule has 0 radical (unpaired) electrons. The number of anilines is 1. The predicted octanol–water partition coefficient (Wildman–Crippen LogP) is 6.71. The molecule has 0 aliphatic rings. The number of nitrogens with one attached hydrogen (secondary N) is 1. The molecular weight excluding hydrogens is 662 g/mol. The number of nitrogens with zero attached hydrogens (tertiary/aromatic N) is 2. The Balaban J connectivity index is 1.79. The summed E-state index contributed by atoms with van der Waals surface area (Å²) in [4.78, 5) is 29.7. The molecule has 0 spiro atoms. The smallest absolute Gasteiger partial charge is 0.264 e. The van der Waals surface area contributed by atoms with Gasteiger partial charge in [-0.3, -0.25) is 13.9 Å². The first-order valence-electron chi connectivity index (χ1n) is 14.2. The number of halogens is 2. The van der Waals surface area contributed by atoms with Gasteiger partial charge in [0.05, 0.1) is 15.6 Å². The third kappa shape index (κ3) is 8.71. The van der Waals surface area contributed by atoms with Crippen molar-refractivity contribution in [2.24, 2.45) is 5.92 Å². The summed E-state index contributed by atoms with van der Waals surface area (Å²) in [5.41, 5.74) is 1.82. The van der Waals surface area contributed by atoms with Gasteiger partial charge < -0.3 is 10.2 Å². The van der Waals surface area contributed by atoms with Crippen molar-refractivity contribution < 1.29 is 18.0 Å². The highest BCUT2D eigenvalue weighted by atomic mass is 79.9. The summed E-state index contributed by atoms with van der Waals surface area (Å²) < 4.78 is 29.9. The molecule has 1 atom stereocenters. The van der Waals surface area contributed by atoms with Gasteiger partial charge in [-0.15, -0.1) is 0 Å². The monoisotopic (exact) mass is 695 g/mol. The summed E-state index contributed by atoms with van der Waals surface area (Å²) in [7, 11) is -4.22. The van der Waals surface area contributed by atoms with Crippen LogP contribution in [-0.4, -0.2) is 44.3 Å². The topological polar surface area (TPSA) is 86.8 Å². The average Bonchev–Trinajstić information content (AvgIpc) is 3.02. The molecule has 7 nitrogen and oxygen atoms in total. The van der Waals surface area contributed by atoms with E-state index in [1.807, 2.05) is 68.4 Å². The first-order chi connectivity index (χ1) is 21.1. The molecule has 0 aliphatic heterocycles. The Kier molecular flexibility index (Phi) is 11.6. The molecular formula is C34H35BrClN3O4S. The van der Waals surface area contributed by atoms with Crippen LogP contribution in [0.4, 0.5) is 5.69 Å². The average molecular weight is 697 g/mol. The minimum atomic E-state index is -4.22. The van der Waals surface area contributed by atoms with Gasteiger partial charge in [-0.25, -0.2) is 8.42 Å². The highest BCUT2D eigenvalue weighted by Gasteiger charge is 2.35. The number of carbonyl (C=O) groups excluding carboxylic acids is 2. The van der Waals surface area contributed by atoms with Gasteiger partial charge in [0, 0.05) is 24.0 Å². The van der Waals surface area contributed by atoms with Crippen LogP contribution in [0.15, 0.2) is 119 Å².